The number of hydrogen-bond acceptors (Lipinski definition) is 3. The number of aryl methyl sites for hydroxylation is 2. The molecule has 0 aliphatic rings. The number of thiocarbonyl (C=S) groups is 1. The number of para-hydroxylation sites is 1. The molecule has 3 aromatic rings. The number of pyridine rings is 1. The fraction of sp³-hybridized carbons (Fsp3) is 0.250. The number of nitrogens with zero attached hydrogens (tertiary/aromatic N) is 1. The normalized spacial score (nSPS) is 12.4. The number of nitrogens with one attached hydrogen (secondary N) is 1. The van der Waals surface area contributed by atoms with Gasteiger partial charge in [0.15, 0.2) is 17.4 Å². The fourth-order valence-electron chi connectivity index (χ4n) is 3.14. The first kappa shape index (κ1) is 21.2. The molecule has 0 amide bonds. The van der Waals surface area contributed by atoms with E-state index in [-0.39, 0.29) is 11.2 Å². The highest BCUT2D eigenvalue weighted by atomic mass is 32.1. The van der Waals surface area contributed by atoms with E-state index < -0.39 is 0 Å². The molecule has 5 heteroatoms. The van der Waals surface area contributed by atoms with Crippen LogP contribution in [0.3, 0.4) is 0 Å². The van der Waals surface area contributed by atoms with Gasteiger partial charge in [0.1, 0.15) is 0 Å². The number of hydrogen-bond donors (Lipinski definition) is 2. The van der Waals surface area contributed by atoms with Crippen LogP contribution in [0.1, 0.15) is 42.3 Å². The molecule has 2 aromatic heterocycles. The van der Waals surface area contributed by atoms with Crippen molar-refractivity contribution in [2.75, 3.05) is 5.32 Å². The second-order valence-electron chi connectivity index (χ2n) is 8.14. The molecule has 0 fully saturated rings. The Morgan fingerprint density at radius 1 is 1.00 bits per heavy atom. The Balaban J connectivity index is 2.07. The van der Waals surface area contributed by atoms with E-state index in [1.165, 1.54) is 16.9 Å². The number of rotatable bonds is 4. The molecule has 0 aliphatic carbocycles. The first-order valence-corrected chi connectivity index (χ1v) is 10.8. The zero-order chi connectivity index (χ0) is 21.2. The molecule has 29 heavy (non-hydrogen) atoms. The maximum absolute atomic E-state index is 11.1. The van der Waals surface area contributed by atoms with Crippen LogP contribution in [0.25, 0.3) is 11.5 Å². The molecule has 150 valence electrons. The molecule has 2 heterocycles. The standard InChI is InChI=1S/C24H26N2OS2/c1-16-8-6-9-17(2)20(16)25-23(28)21(22(27)19-10-7-15-29-19)26-13-11-18(12-14-26)24(3,4)5/h6-15H,1-5H3,(H-,25,27,28)/p+1. The van der Waals surface area contributed by atoms with Gasteiger partial charge in [0, 0.05) is 17.8 Å². The average Bonchev–Trinajstić information content (AvgIpc) is 3.19. The van der Waals surface area contributed by atoms with E-state index >= 15 is 0 Å². The molecule has 0 saturated carbocycles. The van der Waals surface area contributed by atoms with Crippen molar-refractivity contribution in [1.82, 2.24) is 0 Å². The van der Waals surface area contributed by atoms with Crippen molar-refractivity contribution in [3.63, 3.8) is 0 Å². The summed E-state index contributed by atoms with van der Waals surface area (Å²) >= 11 is 7.25. The summed E-state index contributed by atoms with van der Waals surface area (Å²) in [5.74, 6) is 0.164. The average molecular weight is 424 g/mol. The van der Waals surface area contributed by atoms with E-state index in [1.807, 2.05) is 66.5 Å². The van der Waals surface area contributed by atoms with Gasteiger partial charge in [-0.15, -0.1) is 11.3 Å². The number of anilines is 1. The second kappa shape index (κ2) is 8.47. The van der Waals surface area contributed by atoms with Crippen LogP contribution in [-0.4, -0.2) is 10.1 Å². The summed E-state index contributed by atoms with van der Waals surface area (Å²) in [4.78, 5) is 1.25. The lowest BCUT2D eigenvalue weighted by Gasteiger charge is -2.18. The Hall–Kier alpha value is -2.50. The van der Waals surface area contributed by atoms with Crippen molar-refractivity contribution in [1.29, 1.82) is 0 Å². The Bertz CT molecular complexity index is 1020. The Morgan fingerprint density at radius 3 is 2.14 bits per heavy atom. The van der Waals surface area contributed by atoms with Gasteiger partial charge in [-0.2, -0.15) is 4.57 Å². The number of aromatic nitrogens is 1. The molecule has 3 nitrogen and oxygen atoms in total. The van der Waals surface area contributed by atoms with Gasteiger partial charge in [-0.05, 0) is 47.4 Å². The Labute approximate surface area is 182 Å². The first-order chi connectivity index (χ1) is 13.7. The van der Waals surface area contributed by atoms with Crippen molar-refractivity contribution in [2.24, 2.45) is 0 Å². The maximum atomic E-state index is 11.1. The Morgan fingerprint density at radius 2 is 1.62 bits per heavy atom. The number of thiophene rings is 1. The third kappa shape index (κ3) is 4.74. The number of benzene rings is 1. The van der Waals surface area contributed by atoms with E-state index in [1.54, 1.807) is 0 Å². The molecule has 0 radical (unpaired) electrons. The molecule has 1 aromatic carbocycles. The summed E-state index contributed by atoms with van der Waals surface area (Å²) in [6.07, 6.45) is 3.91. The van der Waals surface area contributed by atoms with E-state index in [0.717, 1.165) is 21.7 Å². The predicted octanol–water partition coefficient (Wildman–Crippen LogP) is 6.27. The summed E-state index contributed by atoms with van der Waals surface area (Å²) in [5.41, 5.74) is 5.02. The van der Waals surface area contributed by atoms with Gasteiger partial charge < -0.3 is 10.4 Å². The second-order valence-corrected chi connectivity index (χ2v) is 9.50. The van der Waals surface area contributed by atoms with Crippen LogP contribution in [0.15, 0.2) is 60.2 Å². The van der Waals surface area contributed by atoms with E-state index in [4.69, 9.17) is 12.2 Å². The van der Waals surface area contributed by atoms with E-state index in [9.17, 15) is 5.11 Å². The minimum atomic E-state index is 0.0514. The van der Waals surface area contributed by atoms with Crippen LogP contribution in [0, 0.1) is 13.8 Å². The summed E-state index contributed by atoms with van der Waals surface area (Å²) in [6.45, 7) is 10.6. The zero-order valence-electron chi connectivity index (χ0n) is 17.5. The molecule has 3 rings (SSSR count). The summed E-state index contributed by atoms with van der Waals surface area (Å²) in [5, 5.41) is 16.4. The molecule has 0 spiro atoms. The molecule has 0 unspecified atom stereocenters. The van der Waals surface area contributed by atoms with Crippen LogP contribution >= 0.6 is 23.6 Å². The van der Waals surface area contributed by atoms with Crippen molar-refractivity contribution in [3.05, 3.63) is 81.8 Å². The lowest BCUT2D eigenvalue weighted by molar-refractivity contribution is -0.575. The van der Waals surface area contributed by atoms with Crippen molar-refractivity contribution < 1.29 is 9.67 Å². The summed E-state index contributed by atoms with van der Waals surface area (Å²) in [6, 6.07) is 14.1. The minimum absolute atomic E-state index is 0.0514. The smallest absolute Gasteiger partial charge is 0.289 e. The highest BCUT2D eigenvalue weighted by Gasteiger charge is 2.26. The van der Waals surface area contributed by atoms with Gasteiger partial charge in [0.25, 0.3) is 5.70 Å². The Kier molecular flexibility index (Phi) is 6.20. The summed E-state index contributed by atoms with van der Waals surface area (Å²) < 4.78 is 1.88. The lowest BCUT2D eigenvalue weighted by atomic mass is 9.88. The van der Waals surface area contributed by atoms with Crippen molar-refractivity contribution >= 4 is 45.7 Å². The van der Waals surface area contributed by atoms with Crippen LogP contribution in [-0.2, 0) is 5.41 Å². The molecular weight excluding hydrogens is 396 g/mol. The van der Waals surface area contributed by atoms with Gasteiger partial charge in [-0.25, -0.2) is 0 Å². The molecule has 2 N–H and O–H groups in total. The van der Waals surface area contributed by atoms with Crippen molar-refractivity contribution in [2.45, 2.75) is 40.0 Å². The highest BCUT2D eigenvalue weighted by Crippen LogP contribution is 2.26. The van der Waals surface area contributed by atoms with E-state index in [0.29, 0.717) is 10.7 Å². The first-order valence-electron chi connectivity index (χ1n) is 9.55. The molecule has 0 aliphatic heterocycles. The fourth-order valence-corrected chi connectivity index (χ4v) is 4.11. The highest BCUT2D eigenvalue weighted by molar-refractivity contribution is 7.81. The van der Waals surface area contributed by atoms with Gasteiger partial charge in [-0.3, -0.25) is 0 Å². The molecule has 0 atom stereocenters. The quantitative estimate of drug-likeness (QED) is 0.225. The van der Waals surface area contributed by atoms with Crippen LogP contribution in [0.4, 0.5) is 5.69 Å². The van der Waals surface area contributed by atoms with Gasteiger partial charge >= 0.3 is 0 Å². The zero-order valence-corrected chi connectivity index (χ0v) is 19.1. The van der Waals surface area contributed by atoms with Crippen LogP contribution in [0.2, 0.25) is 0 Å². The largest absolute Gasteiger partial charge is 0.501 e. The molecule has 0 bridgehead atoms. The SMILES string of the molecule is Cc1cccc(C)c1NC(=S)C(=C(O)c1cccs1)[n+]1ccc(C(C)(C)C)cc1. The van der Waals surface area contributed by atoms with Gasteiger partial charge in [0.2, 0.25) is 5.76 Å². The monoisotopic (exact) mass is 423 g/mol. The third-order valence-electron chi connectivity index (χ3n) is 4.87. The molecule has 0 saturated heterocycles. The van der Waals surface area contributed by atoms with Crippen LogP contribution in [0.5, 0.6) is 0 Å². The van der Waals surface area contributed by atoms with Crippen molar-refractivity contribution in [3.8, 4) is 0 Å². The third-order valence-corrected chi connectivity index (χ3v) is 6.04. The number of aliphatic hydroxyl groups excluding tert-OH is 1. The lowest BCUT2D eigenvalue weighted by Crippen LogP contribution is -2.39. The predicted molar refractivity (Wildman–Crippen MR) is 128 cm³/mol. The van der Waals surface area contributed by atoms with E-state index in [2.05, 4.69) is 38.2 Å². The molecular formula is C24H27N2OS2+. The maximum Gasteiger partial charge on any atom is 0.289 e. The van der Waals surface area contributed by atoms with Gasteiger partial charge in [-0.1, -0.05) is 57.3 Å². The summed E-state index contributed by atoms with van der Waals surface area (Å²) in [7, 11) is 0. The van der Waals surface area contributed by atoms with Gasteiger partial charge in [0.05, 0.1) is 4.88 Å². The van der Waals surface area contributed by atoms with Crippen LogP contribution < -0.4 is 9.88 Å². The topological polar surface area (TPSA) is 36.1 Å². The minimum Gasteiger partial charge on any atom is -0.501 e. The number of aliphatic hydroxyl groups is 1.